The molecule has 0 radical (unpaired) electrons. The number of aromatic nitrogens is 4. The zero-order valence-corrected chi connectivity index (χ0v) is 41.0. The molecule has 8 rings (SSSR count). The minimum absolute atomic E-state index is 0.0451. The molecule has 0 amide bonds. The summed E-state index contributed by atoms with van der Waals surface area (Å²) < 4.78 is 39.2. The van der Waals surface area contributed by atoms with E-state index < -0.39 is 18.5 Å². The van der Waals surface area contributed by atoms with Gasteiger partial charge in [-0.2, -0.15) is 0 Å². The van der Waals surface area contributed by atoms with Crippen molar-refractivity contribution in [3.63, 3.8) is 0 Å². The number of hydroxylamine groups is 1. The molecule has 0 spiro atoms. The number of benzene rings is 6. The molecular formula is C56H61N6O6P. The highest BCUT2D eigenvalue weighted by Gasteiger charge is 2.43. The number of ether oxygens (including phenoxy) is 2. The highest BCUT2D eigenvalue weighted by molar-refractivity contribution is 7.53. The monoisotopic (exact) mass is 944 g/mol. The molecule has 6 aromatic carbocycles. The second-order valence-corrected chi connectivity index (χ2v) is 19.2. The Hall–Kier alpha value is -6.50. The van der Waals surface area contributed by atoms with Gasteiger partial charge in [0.25, 0.3) is 0 Å². The standard InChI is InChI=1S/C56H61N6O6P/c1-42(2)67-69(63,68-43(3)4)41-66-40-61-39-57-51-52(61)59-54(55(44-24-12-7-13-25-44,45-26-14-8-15-27-45)46-28-16-9-17-29-46)60-53(51)62(65-6)37-23-36-58-56(47-30-18-10-19-31-47,48-32-20-11-21-33-48)49-34-22-35-50(38-49)64-5/h7-22,24-35,38-39,42-43,58H,23,36-37,40-41H2,1-6H3. The lowest BCUT2D eigenvalue weighted by Gasteiger charge is -2.37. The summed E-state index contributed by atoms with van der Waals surface area (Å²) in [6, 6.07) is 60.2. The van der Waals surface area contributed by atoms with Crippen LogP contribution in [0.3, 0.4) is 0 Å². The average molecular weight is 945 g/mol. The van der Waals surface area contributed by atoms with Gasteiger partial charge in [-0.05, 0) is 86.2 Å². The maximum Gasteiger partial charge on any atom is 0.356 e. The number of rotatable bonds is 23. The van der Waals surface area contributed by atoms with Crippen molar-refractivity contribution in [1.29, 1.82) is 0 Å². The van der Waals surface area contributed by atoms with Gasteiger partial charge in [-0.25, -0.2) is 20.0 Å². The molecule has 12 nitrogen and oxygen atoms in total. The smallest absolute Gasteiger partial charge is 0.356 e. The molecule has 0 atom stereocenters. The summed E-state index contributed by atoms with van der Waals surface area (Å²) in [7, 11) is -0.277. The van der Waals surface area contributed by atoms with Gasteiger partial charge in [0.1, 0.15) is 17.9 Å². The lowest BCUT2D eigenvalue weighted by Crippen LogP contribution is -2.45. The molecule has 356 valence electrons. The molecule has 0 unspecified atom stereocenters. The predicted octanol–water partition coefficient (Wildman–Crippen LogP) is 11.5. The third kappa shape index (κ3) is 10.6. The highest BCUT2D eigenvalue weighted by Crippen LogP contribution is 2.51. The minimum Gasteiger partial charge on any atom is -0.497 e. The lowest BCUT2D eigenvalue weighted by molar-refractivity contribution is 0.0715. The Balaban J connectivity index is 1.23. The van der Waals surface area contributed by atoms with E-state index in [-0.39, 0.29) is 25.3 Å². The SMILES string of the molecule is COc1cccc(C(NCCCN(OC)c2nc(C(c3ccccc3)(c3ccccc3)c3ccccc3)nc3c2ncn3COCP(=O)(OC(C)C)OC(C)C)(c2ccccc2)c2ccccc2)c1. The molecule has 0 saturated heterocycles. The second kappa shape index (κ2) is 22.3. The Morgan fingerprint density at radius 3 is 1.61 bits per heavy atom. The topological polar surface area (TPSA) is 122 Å². The van der Waals surface area contributed by atoms with Crippen molar-refractivity contribution in [1.82, 2.24) is 24.8 Å². The van der Waals surface area contributed by atoms with Crippen LogP contribution in [0.5, 0.6) is 5.75 Å². The molecule has 1 N–H and O–H groups in total. The van der Waals surface area contributed by atoms with Crippen LogP contribution in [0.15, 0.2) is 182 Å². The van der Waals surface area contributed by atoms with Crippen LogP contribution in [0.2, 0.25) is 0 Å². The number of hydrogen-bond donors (Lipinski definition) is 1. The van der Waals surface area contributed by atoms with Crippen LogP contribution < -0.4 is 15.1 Å². The number of methoxy groups -OCH3 is 1. The Bertz CT molecular complexity index is 2760. The fourth-order valence-corrected chi connectivity index (χ4v) is 10.9. The van der Waals surface area contributed by atoms with E-state index in [1.807, 2.05) is 107 Å². The molecule has 2 heterocycles. The molecule has 0 bridgehead atoms. The maximum atomic E-state index is 13.9. The largest absolute Gasteiger partial charge is 0.497 e. The van der Waals surface area contributed by atoms with E-state index in [2.05, 4.69) is 102 Å². The predicted molar refractivity (Wildman–Crippen MR) is 272 cm³/mol. The van der Waals surface area contributed by atoms with Crippen LogP contribution in [0, 0.1) is 0 Å². The normalized spacial score (nSPS) is 12.2. The average Bonchev–Trinajstić information content (AvgIpc) is 3.79. The van der Waals surface area contributed by atoms with Gasteiger partial charge in [0, 0.05) is 6.54 Å². The quantitative estimate of drug-likeness (QED) is 0.0285. The Kier molecular flexibility index (Phi) is 15.8. The summed E-state index contributed by atoms with van der Waals surface area (Å²) in [4.78, 5) is 22.2. The Labute approximate surface area is 405 Å². The number of fused-ring (bicyclic) bond motifs is 1. The van der Waals surface area contributed by atoms with E-state index >= 15 is 0 Å². The van der Waals surface area contributed by atoms with E-state index in [9.17, 15) is 4.57 Å². The molecule has 2 aromatic heterocycles. The number of hydrogen-bond acceptors (Lipinski definition) is 11. The molecule has 0 saturated carbocycles. The van der Waals surface area contributed by atoms with Gasteiger partial charge < -0.3 is 18.5 Å². The first kappa shape index (κ1) is 48.9. The maximum absolute atomic E-state index is 13.9. The van der Waals surface area contributed by atoms with Gasteiger partial charge in [-0.15, -0.1) is 0 Å². The summed E-state index contributed by atoms with van der Waals surface area (Å²) >= 11 is 0. The molecule has 0 fully saturated rings. The molecule has 69 heavy (non-hydrogen) atoms. The van der Waals surface area contributed by atoms with Gasteiger partial charge in [-0.3, -0.25) is 19.3 Å². The van der Waals surface area contributed by atoms with Crippen molar-refractivity contribution in [3.05, 3.63) is 221 Å². The van der Waals surface area contributed by atoms with Crippen molar-refractivity contribution < 1.29 is 27.9 Å². The second-order valence-electron chi connectivity index (χ2n) is 17.3. The molecule has 13 heteroatoms. The third-order valence-corrected chi connectivity index (χ3v) is 13.9. The fraction of sp³-hybridized carbons (Fsp3) is 0.268. The van der Waals surface area contributed by atoms with Crippen molar-refractivity contribution >= 4 is 24.6 Å². The number of imidazole rings is 1. The van der Waals surface area contributed by atoms with Crippen LogP contribution in [-0.2, 0) is 40.9 Å². The van der Waals surface area contributed by atoms with Gasteiger partial charge in [0.2, 0.25) is 0 Å². The first-order valence-electron chi connectivity index (χ1n) is 23.4. The van der Waals surface area contributed by atoms with Gasteiger partial charge in [0.15, 0.2) is 29.2 Å². The van der Waals surface area contributed by atoms with Crippen molar-refractivity contribution in [2.24, 2.45) is 0 Å². The van der Waals surface area contributed by atoms with E-state index in [0.717, 1.165) is 39.1 Å². The Morgan fingerprint density at radius 1 is 0.638 bits per heavy atom. The first-order chi connectivity index (χ1) is 33.6. The summed E-state index contributed by atoms with van der Waals surface area (Å²) in [6.45, 7) is 8.23. The van der Waals surface area contributed by atoms with Gasteiger partial charge in [-0.1, -0.05) is 164 Å². The molecular weight excluding hydrogens is 884 g/mol. The summed E-state index contributed by atoms with van der Waals surface area (Å²) in [5, 5.41) is 5.80. The van der Waals surface area contributed by atoms with E-state index in [1.165, 1.54) is 0 Å². The number of nitrogens with one attached hydrogen (secondary N) is 1. The zero-order chi connectivity index (χ0) is 48.3. The molecule has 0 aliphatic carbocycles. The Morgan fingerprint density at radius 2 is 1.13 bits per heavy atom. The highest BCUT2D eigenvalue weighted by atomic mass is 31.2. The van der Waals surface area contributed by atoms with Crippen molar-refractivity contribution in [2.75, 3.05) is 38.7 Å². The third-order valence-electron chi connectivity index (χ3n) is 11.9. The van der Waals surface area contributed by atoms with E-state index in [0.29, 0.717) is 42.3 Å². The van der Waals surface area contributed by atoms with Crippen molar-refractivity contribution in [3.8, 4) is 5.75 Å². The number of nitrogens with zero attached hydrogens (tertiary/aromatic N) is 5. The zero-order valence-electron chi connectivity index (χ0n) is 40.1. The molecule has 8 aromatic rings. The van der Waals surface area contributed by atoms with Crippen LogP contribution in [-0.4, -0.2) is 65.4 Å². The number of anilines is 1. The van der Waals surface area contributed by atoms with Crippen LogP contribution in [0.4, 0.5) is 5.82 Å². The van der Waals surface area contributed by atoms with Gasteiger partial charge >= 0.3 is 7.60 Å². The fourth-order valence-electron chi connectivity index (χ4n) is 9.12. The minimum atomic E-state index is -3.62. The summed E-state index contributed by atoms with van der Waals surface area (Å²) in [5.74, 6) is 1.74. The van der Waals surface area contributed by atoms with Crippen LogP contribution in [0.1, 0.15) is 73.3 Å². The van der Waals surface area contributed by atoms with E-state index in [4.69, 9.17) is 38.3 Å². The lowest BCUT2D eigenvalue weighted by atomic mass is 9.68. The van der Waals surface area contributed by atoms with Crippen LogP contribution >= 0.6 is 7.60 Å². The van der Waals surface area contributed by atoms with Gasteiger partial charge in [0.05, 0.1) is 38.3 Å². The summed E-state index contributed by atoms with van der Waals surface area (Å²) in [5.41, 5.74) is 5.39. The van der Waals surface area contributed by atoms with Crippen LogP contribution in [0.25, 0.3) is 11.2 Å². The van der Waals surface area contributed by atoms with Crippen molar-refractivity contribution in [2.45, 2.75) is 64.0 Å². The molecule has 0 aliphatic heterocycles. The molecule has 0 aliphatic rings. The van der Waals surface area contributed by atoms with E-state index in [1.54, 1.807) is 30.2 Å². The first-order valence-corrected chi connectivity index (χ1v) is 25.1. The summed E-state index contributed by atoms with van der Waals surface area (Å²) in [6.07, 6.45) is 1.36.